The first-order valence-corrected chi connectivity index (χ1v) is 12.9. The molecule has 1 saturated carbocycles. The number of anilines is 3. The fraction of sp³-hybridized carbons (Fsp3) is 0.167. The summed E-state index contributed by atoms with van der Waals surface area (Å²) in [6.07, 6.45) is 3.10. The third kappa shape index (κ3) is 5.15. The average molecular weight is 479 g/mol. The molecule has 0 spiro atoms. The van der Waals surface area contributed by atoms with E-state index in [1.54, 1.807) is 36.5 Å². The van der Waals surface area contributed by atoms with Crippen molar-refractivity contribution in [1.82, 2.24) is 9.97 Å². The van der Waals surface area contributed by atoms with Gasteiger partial charge in [0.2, 0.25) is 15.1 Å². The maximum Gasteiger partial charge on any atom is 0.235 e. The zero-order valence-electron chi connectivity index (χ0n) is 17.9. The van der Waals surface area contributed by atoms with Crippen molar-refractivity contribution in [3.8, 4) is 22.1 Å². The van der Waals surface area contributed by atoms with Gasteiger partial charge in [0.15, 0.2) is 0 Å². The smallest absolute Gasteiger partial charge is 0.235 e. The Morgan fingerprint density at radius 1 is 1.00 bits per heavy atom. The maximum atomic E-state index is 12.2. The number of pyridine rings is 1. The number of benzene rings is 2. The minimum atomic E-state index is -3.31. The molecular weight excluding hydrogens is 456 g/mol. The molecule has 0 atom stereocenters. The van der Waals surface area contributed by atoms with Crippen molar-refractivity contribution in [2.45, 2.75) is 25.0 Å². The quantitative estimate of drug-likeness (QED) is 0.325. The minimum absolute atomic E-state index is 0.277. The van der Waals surface area contributed by atoms with Crippen LogP contribution < -0.4 is 14.8 Å². The van der Waals surface area contributed by atoms with Crippen LogP contribution in [0.15, 0.2) is 72.9 Å². The summed E-state index contributed by atoms with van der Waals surface area (Å²) in [6, 6.07) is 20.6. The van der Waals surface area contributed by atoms with Crippen LogP contribution in [0.3, 0.4) is 0 Å². The molecule has 0 bridgehead atoms. The Kier molecular flexibility index (Phi) is 5.74. The molecule has 5 rings (SSSR count). The van der Waals surface area contributed by atoms with Crippen LogP contribution in [0, 0.1) is 6.92 Å². The van der Waals surface area contributed by atoms with Crippen LogP contribution in [0.5, 0.6) is 10.8 Å². The fourth-order valence-electron chi connectivity index (χ4n) is 3.34. The number of thiazole rings is 1. The Morgan fingerprint density at radius 3 is 2.58 bits per heavy atom. The summed E-state index contributed by atoms with van der Waals surface area (Å²) < 4.78 is 33.3. The van der Waals surface area contributed by atoms with E-state index < -0.39 is 10.0 Å². The Morgan fingerprint density at radius 2 is 1.79 bits per heavy atom. The van der Waals surface area contributed by atoms with Gasteiger partial charge in [-0.1, -0.05) is 47.7 Å². The van der Waals surface area contributed by atoms with Gasteiger partial charge < -0.3 is 10.1 Å². The Bertz CT molecular complexity index is 1380. The average Bonchev–Trinajstić information content (AvgIpc) is 3.59. The van der Waals surface area contributed by atoms with Gasteiger partial charge in [0.25, 0.3) is 0 Å². The van der Waals surface area contributed by atoms with Gasteiger partial charge in [-0.15, -0.1) is 0 Å². The van der Waals surface area contributed by atoms with Crippen LogP contribution in [0.4, 0.5) is 17.2 Å². The van der Waals surface area contributed by atoms with Crippen molar-refractivity contribution in [1.29, 1.82) is 0 Å². The van der Waals surface area contributed by atoms with E-state index in [2.05, 4.69) is 20.0 Å². The lowest BCUT2D eigenvalue weighted by Crippen LogP contribution is -2.17. The number of hydrogen-bond donors (Lipinski definition) is 2. The third-order valence-corrected chi connectivity index (χ3v) is 7.77. The number of nitrogens with zero attached hydrogens (tertiary/aromatic N) is 2. The second-order valence-corrected chi connectivity index (χ2v) is 10.9. The van der Waals surface area contributed by atoms with Crippen molar-refractivity contribution in [3.05, 3.63) is 77.9 Å². The molecule has 0 radical (unpaired) electrons. The zero-order valence-corrected chi connectivity index (χ0v) is 19.5. The van der Waals surface area contributed by atoms with Gasteiger partial charge in [-0.2, -0.15) is 0 Å². The highest BCUT2D eigenvalue weighted by Crippen LogP contribution is 2.38. The van der Waals surface area contributed by atoms with Gasteiger partial charge in [0, 0.05) is 23.5 Å². The van der Waals surface area contributed by atoms with E-state index in [0.29, 0.717) is 28.0 Å². The number of sulfonamides is 1. The maximum absolute atomic E-state index is 12.2. The Balaban J connectivity index is 1.33. The molecule has 9 heteroatoms. The second kappa shape index (κ2) is 8.84. The number of ether oxygens (including phenoxy) is 1. The van der Waals surface area contributed by atoms with E-state index in [1.165, 1.54) is 11.3 Å². The van der Waals surface area contributed by atoms with E-state index in [0.717, 1.165) is 29.1 Å². The van der Waals surface area contributed by atoms with Crippen LogP contribution in [0.2, 0.25) is 0 Å². The number of hydrogen-bond acceptors (Lipinski definition) is 7. The number of aryl methyl sites for hydroxylation is 1. The topological polar surface area (TPSA) is 93.2 Å². The highest BCUT2D eigenvalue weighted by atomic mass is 32.2. The zero-order chi connectivity index (χ0) is 22.8. The monoisotopic (exact) mass is 478 g/mol. The Hall–Kier alpha value is -3.43. The number of nitrogens with one attached hydrogen (secondary N) is 2. The second-order valence-electron chi connectivity index (χ2n) is 7.77. The molecule has 33 heavy (non-hydrogen) atoms. The summed E-state index contributed by atoms with van der Waals surface area (Å²) in [7, 11) is -3.31. The molecule has 0 amide bonds. The van der Waals surface area contributed by atoms with E-state index >= 15 is 0 Å². The van der Waals surface area contributed by atoms with Crippen molar-refractivity contribution < 1.29 is 13.2 Å². The lowest BCUT2D eigenvalue weighted by Gasteiger charge is -2.11. The number of rotatable bonds is 8. The molecule has 168 valence electrons. The van der Waals surface area contributed by atoms with Crippen molar-refractivity contribution in [2.24, 2.45) is 0 Å². The normalized spacial score (nSPS) is 13.5. The number of aromatic nitrogens is 2. The predicted octanol–water partition coefficient (Wildman–Crippen LogP) is 5.95. The molecule has 0 unspecified atom stereocenters. The van der Waals surface area contributed by atoms with E-state index in [4.69, 9.17) is 4.74 Å². The summed E-state index contributed by atoms with van der Waals surface area (Å²) in [6.45, 7) is 1.95. The summed E-state index contributed by atoms with van der Waals surface area (Å²) in [5.41, 5.74) is 3.04. The van der Waals surface area contributed by atoms with E-state index in [9.17, 15) is 8.42 Å². The molecule has 1 fully saturated rings. The highest BCUT2D eigenvalue weighted by Gasteiger charge is 2.35. The Labute approximate surface area is 196 Å². The molecule has 0 aliphatic heterocycles. The van der Waals surface area contributed by atoms with Crippen molar-refractivity contribution in [3.63, 3.8) is 0 Å². The SMILES string of the molecule is Cc1nc(-c2ccccc2)c(Oc2ccnc(Nc3cccc(NS(=O)(=O)C4CC4)c3)c2)s1. The van der Waals surface area contributed by atoms with Crippen LogP contribution in [-0.2, 0) is 10.0 Å². The molecule has 1 aliphatic rings. The van der Waals surface area contributed by atoms with Crippen LogP contribution in [0.25, 0.3) is 11.3 Å². The molecule has 0 saturated heterocycles. The summed E-state index contributed by atoms with van der Waals surface area (Å²) >= 11 is 1.49. The lowest BCUT2D eigenvalue weighted by molar-refractivity contribution is 0.496. The first-order chi connectivity index (χ1) is 16.0. The molecule has 2 aromatic heterocycles. The van der Waals surface area contributed by atoms with Crippen molar-refractivity contribution in [2.75, 3.05) is 10.0 Å². The van der Waals surface area contributed by atoms with Gasteiger partial charge in [-0.3, -0.25) is 4.72 Å². The molecule has 2 heterocycles. The molecule has 7 nitrogen and oxygen atoms in total. The van der Waals surface area contributed by atoms with Gasteiger partial charge in [-0.05, 0) is 44.0 Å². The molecule has 2 aromatic carbocycles. The van der Waals surface area contributed by atoms with Crippen molar-refractivity contribution >= 4 is 38.6 Å². The molecule has 1 aliphatic carbocycles. The summed E-state index contributed by atoms with van der Waals surface area (Å²) in [4.78, 5) is 8.99. The third-order valence-electron chi connectivity index (χ3n) is 5.05. The predicted molar refractivity (Wildman–Crippen MR) is 132 cm³/mol. The first-order valence-electron chi connectivity index (χ1n) is 10.5. The van der Waals surface area contributed by atoms with E-state index in [1.807, 2.05) is 43.3 Å². The fourth-order valence-corrected chi connectivity index (χ4v) is 5.52. The first kappa shape index (κ1) is 21.4. The van der Waals surface area contributed by atoms with Gasteiger partial charge >= 0.3 is 0 Å². The van der Waals surface area contributed by atoms with E-state index in [-0.39, 0.29) is 5.25 Å². The molecule has 4 aromatic rings. The van der Waals surface area contributed by atoms with Crippen LogP contribution in [-0.4, -0.2) is 23.6 Å². The minimum Gasteiger partial charge on any atom is -0.444 e. The largest absolute Gasteiger partial charge is 0.444 e. The van der Waals surface area contributed by atoms with Crippen LogP contribution in [0.1, 0.15) is 17.8 Å². The van der Waals surface area contributed by atoms with Gasteiger partial charge in [-0.25, -0.2) is 18.4 Å². The summed E-state index contributed by atoms with van der Waals surface area (Å²) in [5.74, 6) is 1.20. The lowest BCUT2D eigenvalue weighted by atomic mass is 10.2. The molecule has 2 N–H and O–H groups in total. The molecular formula is C24H22N4O3S2. The van der Waals surface area contributed by atoms with Gasteiger partial charge in [0.1, 0.15) is 17.3 Å². The van der Waals surface area contributed by atoms with Gasteiger partial charge in [0.05, 0.1) is 15.9 Å². The summed E-state index contributed by atoms with van der Waals surface area (Å²) in [5, 5.41) is 4.57. The highest BCUT2D eigenvalue weighted by molar-refractivity contribution is 7.93. The standard InChI is InChI=1S/C24H22N4O3S2/c1-16-26-23(17-6-3-2-4-7-17)24(32-16)31-20-12-13-25-22(15-20)27-18-8-5-9-19(14-18)28-33(29,30)21-10-11-21/h2-9,12-15,21,28H,10-11H2,1H3,(H,25,27). The van der Waals surface area contributed by atoms with Crippen LogP contribution >= 0.6 is 11.3 Å².